The van der Waals surface area contributed by atoms with Gasteiger partial charge < -0.3 is 15.2 Å². The third-order valence-electron chi connectivity index (χ3n) is 4.78. The number of hydrogen-bond acceptors (Lipinski definition) is 5. The van der Waals surface area contributed by atoms with Crippen molar-refractivity contribution in [3.63, 3.8) is 0 Å². The molecule has 1 atom stereocenters. The number of aliphatic carboxylic acids is 1. The highest BCUT2D eigenvalue weighted by atomic mass is 35.5. The first-order valence-electron chi connectivity index (χ1n) is 7.82. The van der Waals surface area contributed by atoms with Gasteiger partial charge in [-0.2, -0.15) is 0 Å². The number of rotatable bonds is 3. The molecular formula is C17H16ClNO6. The van der Waals surface area contributed by atoms with Gasteiger partial charge in [0, 0.05) is 23.8 Å². The number of fused-ring (bicyclic) bond motifs is 2. The van der Waals surface area contributed by atoms with Crippen molar-refractivity contribution < 1.29 is 29.0 Å². The number of ketones is 2. The monoisotopic (exact) mass is 365 g/mol. The predicted octanol–water partition coefficient (Wildman–Crippen LogP) is 0.971. The molecule has 1 saturated heterocycles. The molecule has 2 aliphatic rings. The molecule has 2 N–H and O–H groups in total. The van der Waals surface area contributed by atoms with Crippen LogP contribution in [0.25, 0.3) is 0 Å². The molecule has 0 radical (unpaired) electrons. The fourth-order valence-electron chi connectivity index (χ4n) is 3.55. The first-order valence-corrected chi connectivity index (χ1v) is 8.20. The van der Waals surface area contributed by atoms with Crippen molar-refractivity contribution in [2.75, 3.05) is 19.8 Å². The first kappa shape index (κ1) is 17.6. The van der Waals surface area contributed by atoms with Gasteiger partial charge in [0.15, 0.2) is 17.5 Å². The number of carbonyl (C=O) groups is 4. The number of carboxylic acid groups (broad SMARTS) is 1. The summed E-state index contributed by atoms with van der Waals surface area (Å²) in [5.41, 5.74) is -0.209. The van der Waals surface area contributed by atoms with E-state index in [-0.39, 0.29) is 5.56 Å². The second kappa shape index (κ2) is 6.57. The van der Waals surface area contributed by atoms with E-state index in [9.17, 15) is 19.2 Å². The van der Waals surface area contributed by atoms with Crippen LogP contribution >= 0.6 is 11.6 Å². The molecule has 0 saturated carbocycles. The van der Waals surface area contributed by atoms with Gasteiger partial charge in [-0.15, -0.1) is 0 Å². The molecule has 0 bridgehead atoms. The summed E-state index contributed by atoms with van der Waals surface area (Å²) in [7, 11) is 0. The molecule has 1 fully saturated rings. The van der Waals surface area contributed by atoms with E-state index in [2.05, 4.69) is 5.32 Å². The van der Waals surface area contributed by atoms with Crippen LogP contribution < -0.4 is 5.32 Å². The summed E-state index contributed by atoms with van der Waals surface area (Å²) in [6.07, 6.45) is 0.685. The topological polar surface area (TPSA) is 110 Å². The van der Waals surface area contributed by atoms with Crippen molar-refractivity contribution in [3.05, 3.63) is 34.3 Å². The highest BCUT2D eigenvalue weighted by Crippen LogP contribution is 2.44. The third-order valence-corrected chi connectivity index (χ3v) is 5.02. The lowest BCUT2D eigenvalue weighted by Gasteiger charge is -2.42. The maximum Gasteiger partial charge on any atom is 0.322 e. The largest absolute Gasteiger partial charge is 0.480 e. The number of amides is 1. The van der Waals surface area contributed by atoms with E-state index in [1.165, 1.54) is 12.1 Å². The molecule has 1 unspecified atom stereocenters. The smallest absolute Gasteiger partial charge is 0.322 e. The average Bonchev–Trinajstić information content (AvgIpc) is 2.59. The van der Waals surface area contributed by atoms with Crippen LogP contribution in [-0.4, -0.2) is 48.3 Å². The number of halogens is 1. The maximum absolute atomic E-state index is 13.1. The van der Waals surface area contributed by atoms with Crippen LogP contribution in [0.15, 0.2) is 18.2 Å². The summed E-state index contributed by atoms with van der Waals surface area (Å²) >= 11 is 6.06. The van der Waals surface area contributed by atoms with Crippen molar-refractivity contribution in [1.29, 1.82) is 0 Å². The Bertz CT molecular complexity index is 768. The van der Waals surface area contributed by atoms with E-state index in [1.54, 1.807) is 6.07 Å². The first-order chi connectivity index (χ1) is 11.9. The Labute approximate surface area is 148 Å². The van der Waals surface area contributed by atoms with Crippen LogP contribution in [0.2, 0.25) is 5.02 Å². The van der Waals surface area contributed by atoms with Crippen molar-refractivity contribution in [2.24, 2.45) is 5.92 Å². The predicted molar refractivity (Wildman–Crippen MR) is 86.7 cm³/mol. The van der Waals surface area contributed by atoms with Gasteiger partial charge in [0.1, 0.15) is 6.54 Å². The number of ether oxygens (including phenoxy) is 1. The van der Waals surface area contributed by atoms with Gasteiger partial charge >= 0.3 is 5.97 Å². The average molecular weight is 366 g/mol. The van der Waals surface area contributed by atoms with Crippen molar-refractivity contribution in [2.45, 2.75) is 18.3 Å². The van der Waals surface area contributed by atoms with E-state index in [0.29, 0.717) is 36.6 Å². The molecule has 8 heteroatoms. The summed E-state index contributed by atoms with van der Waals surface area (Å²) in [4.78, 5) is 48.9. The van der Waals surface area contributed by atoms with Crippen LogP contribution in [0.1, 0.15) is 28.8 Å². The summed E-state index contributed by atoms with van der Waals surface area (Å²) in [5.74, 6) is -4.83. The highest BCUT2D eigenvalue weighted by molar-refractivity contribution is 6.32. The van der Waals surface area contributed by atoms with Crippen molar-refractivity contribution in [3.8, 4) is 0 Å². The number of hydrogen-bond donors (Lipinski definition) is 2. The standard InChI is InChI=1S/C17H16ClNO6/c18-9-1-2-10-11(7-9)17(3-5-25-6-4-17)15(23)13(14(10)22)16(24)19-8-12(20)21/h1-2,7,13H,3-6,8H2,(H,19,24)(H,20,21). The summed E-state index contributed by atoms with van der Waals surface area (Å²) in [6.45, 7) is 0.00414. The fourth-order valence-corrected chi connectivity index (χ4v) is 3.72. The number of carbonyl (C=O) groups excluding carboxylic acids is 3. The molecule has 1 aliphatic carbocycles. The molecule has 0 aromatic heterocycles. The molecule has 132 valence electrons. The zero-order valence-corrected chi connectivity index (χ0v) is 14.0. The fraction of sp³-hybridized carbons (Fsp3) is 0.412. The number of benzene rings is 1. The minimum absolute atomic E-state index is 0.279. The SMILES string of the molecule is O=C(O)CNC(=O)C1C(=O)c2ccc(Cl)cc2C2(CCOCC2)C1=O. The lowest BCUT2D eigenvalue weighted by atomic mass is 9.61. The number of Topliss-reactive ketones (excluding diaryl/α,β-unsaturated/α-hetero) is 2. The van der Waals surface area contributed by atoms with E-state index in [0.717, 1.165) is 0 Å². The van der Waals surface area contributed by atoms with Gasteiger partial charge in [0.05, 0.1) is 5.41 Å². The van der Waals surface area contributed by atoms with E-state index < -0.39 is 41.3 Å². The number of nitrogens with one attached hydrogen (secondary N) is 1. The molecule has 1 spiro atoms. The van der Waals surface area contributed by atoms with Gasteiger partial charge in [0.25, 0.3) is 0 Å². The highest BCUT2D eigenvalue weighted by Gasteiger charge is 2.54. The Morgan fingerprint density at radius 3 is 2.60 bits per heavy atom. The minimum atomic E-state index is -1.55. The molecule has 1 aliphatic heterocycles. The Hall–Kier alpha value is -2.25. The molecule has 1 aromatic rings. The second-order valence-corrected chi connectivity index (χ2v) is 6.59. The zero-order chi connectivity index (χ0) is 18.2. The Kier molecular flexibility index (Phi) is 4.62. The summed E-state index contributed by atoms with van der Waals surface area (Å²) in [6, 6.07) is 4.65. The third kappa shape index (κ3) is 2.94. The number of carboxylic acids is 1. The van der Waals surface area contributed by atoms with Crippen LogP contribution in [-0.2, 0) is 24.5 Å². The minimum Gasteiger partial charge on any atom is -0.480 e. The van der Waals surface area contributed by atoms with Crippen molar-refractivity contribution in [1.82, 2.24) is 5.32 Å². The van der Waals surface area contributed by atoms with Crippen LogP contribution in [0.5, 0.6) is 0 Å². The molecule has 7 nitrogen and oxygen atoms in total. The second-order valence-electron chi connectivity index (χ2n) is 6.16. The normalized spacial score (nSPS) is 21.7. The Morgan fingerprint density at radius 1 is 1.28 bits per heavy atom. The Morgan fingerprint density at radius 2 is 1.96 bits per heavy atom. The Balaban J connectivity index is 2.07. The van der Waals surface area contributed by atoms with Crippen LogP contribution in [0, 0.1) is 5.92 Å². The summed E-state index contributed by atoms with van der Waals surface area (Å²) in [5, 5.41) is 11.2. The van der Waals surface area contributed by atoms with Gasteiger partial charge in [0.2, 0.25) is 5.91 Å². The van der Waals surface area contributed by atoms with Gasteiger partial charge in [-0.3, -0.25) is 19.2 Å². The molecule has 1 aromatic carbocycles. The van der Waals surface area contributed by atoms with Gasteiger partial charge in [-0.05, 0) is 36.6 Å². The van der Waals surface area contributed by atoms with E-state index >= 15 is 0 Å². The summed E-state index contributed by atoms with van der Waals surface area (Å²) < 4.78 is 5.34. The molecule has 1 heterocycles. The van der Waals surface area contributed by atoms with Gasteiger partial charge in [-0.25, -0.2) is 0 Å². The van der Waals surface area contributed by atoms with Crippen molar-refractivity contribution >= 4 is 35.0 Å². The van der Waals surface area contributed by atoms with Crippen LogP contribution in [0.4, 0.5) is 0 Å². The lowest BCUT2D eigenvalue weighted by Crippen LogP contribution is -2.55. The van der Waals surface area contributed by atoms with Crippen LogP contribution in [0.3, 0.4) is 0 Å². The van der Waals surface area contributed by atoms with E-state index in [4.69, 9.17) is 21.4 Å². The quantitative estimate of drug-likeness (QED) is 0.772. The van der Waals surface area contributed by atoms with Gasteiger partial charge in [-0.1, -0.05) is 11.6 Å². The molecular weight excluding hydrogens is 350 g/mol. The maximum atomic E-state index is 13.1. The van der Waals surface area contributed by atoms with E-state index in [1.807, 2.05) is 0 Å². The molecule has 1 amide bonds. The molecule has 3 rings (SSSR count). The lowest BCUT2D eigenvalue weighted by molar-refractivity contribution is -0.142. The molecule has 25 heavy (non-hydrogen) atoms. The zero-order valence-electron chi connectivity index (χ0n) is 13.2.